The first-order chi connectivity index (χ1) is 9.93. The van der Waals surface area contributed by atoms with Gasteiger partial charge in [0.25, 0.3) is 0 Å². The summed E-state index contributed by atoms with van der Waals surface area (Å²) in [6.07, 6.45) is 1.45. The smallest absolute Gasteiger partial charge is 0.245 e. The second kappa shape index (κ2) is 5.71. The summed E-state index contributed by atoms with van der Waals surface area (Å²) in [5.74, 6) is 0.555. The van der Waals surface area contributed by atoms with Gasteiger partial charge in [-0.1, -0.05) is 0 Å². The number of hydrogen-bond donors (Lipinski definition) is 1. The SMILES string of the molecule is CCN(CC)C(=O)C(C)n1c(C)c(C)c2c(N)ncnc21. The number of carbonyl (C=O) groups excluding carboxylic acids is 1. The van der Waals surface area contributed by atoms with Crippen LogP contribution in [0.4, 0.5) is 5.82 Å². The number of carbonyl (C=O) groups is 1. The Morgan fingerprint density at radius 2 is 1.95 bits per heavy atom. The molecule has 6 heteroatoms. The quantitative estimate of drug-likeness (QED) is 0.934. The standard InChI is InChI=1S/C15H23N5O/c1-6-19(7-2)15(21)11(5)20-10(4)9(3)12-13(16)17-8-18-14(12)20/h8,11H,6-7H2,1-5H3,(H2,16,17,18). The number of aryl methyl sites for hydroxylation is 1. The van der Waals surface area contributed by atoms with Gasteiger partial charge in [-0.25, -0.2) is 9.97 Å². The van der Waals surface area contributed by atoms with Crippen molar-refractivity contribution in [2.75, 3.05) is 18.8 Å². The molecule has 0 aromatic carbocycles. The molecule has 114 valence electrons. The van der Waals surface area contributed by atoms with Crippen LogP contribution >= 0.6 is 0 Å². The molecule has 2 aromatic heterocycles. The number of hydrogen-bond acceptors (Lipinski definition) is 4. The van der Waals surface area contributed by atoms with Crippen molar-refractivity contribution in [3.8, 4) is 0 Å². The Bertz CT molecular complexity index is 672. The first kappa shape index (κ1) is 15.3. The molecule has 6 nitrogen and oxygen atoms in total. The number of aromatic nitrogens is 3. The fraction of sp³-hybridized carbons (Fsp3) is 0.533. The Kier molecular flexibility index (Phi) is 4.16. The summed E-state index contributed by atoms with van der Waals surface area (Å²) >= 11 is 0. The van der Waals surface area contributed by atoms with Gasteiger partial charge in [0.1, 0.15) is 23.8 Å². The van der Waals surface area contributed by atoms with Gasteiger partial charge in [0.05, 0.1) is 5.39 Å². The lowest BCUT2D eigenvalue weighted by Gasteiger charge is -2.25. The van der Waals surface area contributed by atoms with Gasteiger partial charge in [-0.15, -0.1) is 0 Å². The van der Waals surface area contributed by atoms with Gasteiger partial charge in [0.15, 0.2) is 0 Å². The monoisotopic (exact) mass is 289 g/mol. The molecule has 0 saturated carbocycles. The van der Waals surface area contributed by atoms with E-state index in [-0.39, 0.29) is 11.9 Å². The molecule has 0 saturated heterocycles. The summed E-state index contributed by atoms with van der Waals surface area (Å²) in [6, 6.07) is -0.310. The highest BCUT2D eigenvalue weighted by Crippen LogP contribution is 2.30. The second-order valence-corrected chi connectivity index (χ2v) is 5.22. The number of nitrogen functional groups attached to an aromatic ring is 1. The molecule has 1 amide bonds. The molecule has 0 aliphatic carbocycles. The van der Waals surface area contributed by atoms with Gasteiger partial charge < -0.3 is 15.2 Å². The summed E-state index contributed by atoms with van der Waals surface area (Å²) in [5, 5.41) is 0.842. The summed E-state index contributed by atoms with van der Waals surface area (Å²) < 4.78 is 1.96. The number of amides is 1. The third-order valence-corrected chi connectivity index (χ3v) is 4.18. The minimum Gasteiger partial charge on any atom is -0.383 e. The van der Waals surface area contributed by atoms with Crippen LogP contribution in [0.15, 0.2) is 6.33 Å². The van der Waals surface area contributed by atoms with E-state index in [0.29, 0.717) is 18.9 Å². The van der Waals surface area contributed by atoms with Gasteiger partial charge in [-0.05, 0) is 40.2 Å². The van der Waals surface area contributed by atoms with E-state index in [0.717, 1.165) is 22.3 Å². The lowest BCUT2D eigenvalue weighted by atomic mass is 10.2. The maximum atomic E-state index is 12.6. The average Bonchev–Trinajstić information content (AvgIpc) is 2.72. The van der Waals surface area contributed by atoms with E-state index >= 15 is 0 Å². The summed E-state index contributed by atoms with van der Waals surface area (Å²) in [7, 11) is 0. The highest BCUT2D eigenvalue weighted by atomic mass is 16.2. The molecule has 2 rings (SSSR count). The Morgan fingerprint density at radius 3 is 2.52 bits per heavy atom. The van der Waals surface area contributed by atoms with Crippen molar-refractivity contribution in [2.45, 2.75) is 40.7 Å². The number of anilines is 1. The van der Waals surface area contributed by atoms with Crippen molar-refractivity contribution in [2.24, 2.45) is 0 Å². The summed E-state index contributed by atoms with van der Waals surface area (Å²) in [4.78, 5) is 22.8. The minimum atomic E-state index is -0.310. The predicted octanol–water partition coefficient (Wildman–Crippen LogP) is 2.06. The van der Waals surface area contributed by atoms with Crippen molar-refractivity contribution >= 4 is 22.8 Å². The van der Waals surface area contributed by atoms with Crippen molar-refractivity contribution in [1.29, 1.82) is 0 Å². The average molecular weight is 289 g/mol. The highest BCUT2D eigenvalue weighted by Gasteiger charge is 2.25. The van der Waals surface area contributed by atoms with Crippen LogP contribution in [0.25, 0.3) is 11.0 Å². The van der Waals surface area contributed by atoms with Crippen LogP contribution in [0, 0.1) is 13.8 Å². The number of nitrogens with zero attached hydrogens (tertiary/aromatic N) is 4. The van der Waals surface area contributed by atoms with Crippen LogP contribution in [0.3, 0.4) is 0 Å². The molecule has 0 aliphatic rings. The van der Waals surface area contributed by atoms with Crippen LogP contribution in [0.5, 0.6) is 0 Å². The molecule has 0 bridgehead atoms. The third kappa shape index (κ3) is 2.34. The molecule has 0 radical (unpaired) electrons. The Balaban J connectivity index is 2.59. The number of fused-ring (bicyclic) bond motifs is 1. The summed E-state index contributed by atoms with van der Waals surface area (Å²) in [6.45, 7) is 11.3. The maximum Gasteiger partial charge on any atom is 0.245 e. The van der Waals surface area contributed by atoms with Crippen molar-refractivity contribution in [3.63, 3.8) is 0 Å². The number of nitrogens with two attached hydrogens (primary N) is 1. The molecule has 0 aliphatic heterocycles. The van der Waals surface area contributed by atoms with Crippen LogP contribution in [0.2, 0.25) is 0 Å². The maximum absolute atomic E-state index is 12.6. The lowest BCUT2D eigenvalue weighted by Crippen LogP contribution is -2.36. The minimum absolute atomic E-state index is 0.0946. The number of likely N-dealkylation sites (N-methyl/N-ethyl adjacent to an activating group) is 1. The Labute approximate surface area is 125 Å². The second-order valence-electron chi connectivity index (χ2n) is 5.22. The molecule has 0 spiro atoms. The van der Waals surface area contributed by atoms with Gasteiger partial charge in [0, 0.05) is 18.8 Å². The predicted molar refractivity (Wildman–Crippen MR) is 84.1 cm³/mol. The van der Waals surface area contributed by atoms with Crippen LogP contribution < -0.4 is 5.73 Å². The lowest BCUT2D eigenvalue weighted by molar-refractivity contribution is -0.133. The highest BCUT2D eigenvalue weighted by molar-refractivity contribution is 5.92. The molecular weight excluding hydrogens is 266 g/mol. The van der Waals surface area contributed by atoms with E-state index < -0.39 is 0 Å². The van der Waals surface area contributed by atoms with E-state index in [1.54, 1.807) is 0 Å². The first-order valence-corrected chi connectivity index (χ1v) is 7.30. The van der Waals surface area contributed by atoms with E-state index in [9.17, 15) is 4.79 Å². The van der Waals surface area contributed by atoms with Gasteiger partial charge in [0.2, 0.25) is 5.91 Å². The third-order valence-electron chi connectivity index (χ3n) is 4.18. The van der Waals surface area contributed by atoms with Crippen LogP contribution in [-0.4, -0.2) is 38.4 Å². The largest absolute Gasteiger partial charge is 0.383 e. The van der Waals surface area contributed by atoms with Crippen LogP contribution in [0.1, 0.15) is 38.1 Å². The van der Waals surface area contributed by atoms with Crippen molar-refractivity contribution < 1.29 is 4.79 Å². The fourth-order valence-corrected chi connectivity index (χ4v) is 2.84. The van der Waals surface area contributed by atoms with E-state index in [2.05, 4.69) is 9.97 Å². The normalized spacial score (nSPS) is 12.6. The summed E-state index contributed by atoms with van der Waals surface area (Å²) in [5.41, 5.74) is 8.73. The van der Waals surface area contributed by atoms with Gasteiger partial charge in [-0.3, -0.25) is 4.79 Å². The Morgan fingerprint density at radius 1 is 1.33 bits per heavy atom. The number of rotatable bonds is 4. The molecule has 1 unspecified atom stereocenters. The molecule has 1 atom stereocenters. The molecule has 2 heterocycles. The topological polar surface area (TPSA) is 77.0 Å². The molecular formula is C15H23N5O. The molecule has 2 aromatic rings. The molecule has 21 heavy (non-hydrogen) atoms. The fourth-order valence-electron chi connectivity index (χ4n) is 2.84. The molecule has 0 fully saturated rings. The van der Waals surface area contributed by atoms with Crippen molar-refractivity contribution in [3.05, 3.63) is 17.6 Å². The van der Waals surface area contributed by atoms with Gasteiger partial charge >= 0.3 is 0 Å². The van der Waals surface area contributed by atoms with Crippen LogP contribution in [-0.2, 0) is 4.79 Å². The zero-order valence-electron chi connectivity index (χ0n) is 13.3. The first-order valence-electron chi connectivity index (χ1n) is 7.30. The Hall–Kier alpha value is -2.11. The van der Waals surface area contributed by atoms with E-state index in [1.807, 2.05) is 44.1 Å². The van der Waals surface area contributed by atoms with Crippen molar-refractivity contribution in [1.82, 2.24) is 19.4 Å². The van der Waals surface area contributed by atoms with Gasteiger partial charge in [-0.2, -0.15) is 0 Å². The van der Waals surface area contributed by atoms with E-state index in [1.165, 1.54) is 6.33 Å². The molecule has 2 N–H and O–H groups in total. The van der Waals surface area contributed by atoms with E-state index in [4.69, 9.17) is 5.73 Å². The zero-order chi connectivity index (χ0) is 15.7. The zero-order valence-corrected chi connectivity index (χ0v) is 13.3.